The van der Waals surface area contributed by atoms with Gasteiger partial charge in [0, 0.05) is 28.3 Å². The fraction of sp³-hybridized carbons (Fsp3) is 0.304. The smallest absolute Gasteiger partial charge is 0.241 e. The van der Waals surface area contributed by atoms with Crippen molar-refractivity contribution in [1.29, 1.82) is 0 Å². The Hall–Kier alpha value is -2.74. The number of rotatable bonds is 7. The van der Waals surface area contributed by atoms with E-state index < -0.39 is 22.7 Å². The molecule has 3 N–H and O–H groups in total. The van der Waals surface area contributed by atoms with Gasteiger partial charge in [0.15, 0.2) is 0 Å². The molecule has 0 saturated carbocycles. The molecule has 0 bridgehead atoms. The average molecular weight is 488 g/mol. The molecular formula is C23H30N5O3PS. The fourth-order valence-electron chi connectivity index (χ4n) is 3.14. The quantitative estimate of drug-likeness (QED) is 0.418. The Morgan fingerprint density at radius 2 is 1.67 bits per heavy atom. The second-order valence-corrected chi connectivity index (χ2v) is 14.1. The summed E-state index contributed by atoms with van der Waals surface area (Å²) in [7, 11) is -6.17. The number of nitrogens with zero attached hydrogens (tertiary/aromatic N) is 2. The molecule has 1 heterocycles. The van der Waals surface area contributed by atoms with Gasteiger partial charge >= 0.3 is 0 Å². The van der Waals surface area contributed by atoms with Crippen LogP contribution in [0.5, 0.6) is 0 Å². The van der Waals surface area contributed by atoms with Crippen LogP contribution in [-0.2, 0) is 14.6 Å². The van der Waals surface area contributed by atoms with Crippen molar-refractivity contribution >= 4 is 45.6 Å². The SMILES string of the molecule is Cc1cnc(Nc2ccccc2P(C)(C)=O)nc1Nc1cccc(S(=O)(=O)NC(C)(C)C)c1. The molecule has 0 fully saturated rings. The van der Waals surface area contributed by atoms with E-state index in [2.05, 4.69) is 25.3 Å². The van der Waals surface area contributed by atoms with E-state index in [1.165, 1.54) is 0 Å². The van der Waals surface area contributed by atoms with Crippen molar-refractivity contribution in [2.45, 2.75) is 38.1 Å². The average Bonchev–Trinajstić information content (AvgIpc) is 2.69. The second kappa shape index (κ2) is 9.25. The zero-order valence-corrected chi connectivity index (χ0v) is 21.4. The summed E-state index contributed by atoms with van der Waals surface area (Å²) in [4.78, 5) is 9.04. The normalized spacial score (nSPS) is 12.4. The minimum absolute atomic E-state index is 0.156. The monoisotopic (exact) mass is 487 g/mol. The summed E-state index contributed by atoms with van der Waals surface area (Å²) >= 11 is 0. The molecule has 8 nitrogen and oxygen atoms in total. The fourth-order valence-corrected chi connectivity index (χ4v) is 5.76. The molecule has 0 aliphatic carbocycles. The zero-order chi connectivity index (χ0) is 24.4. The van der Waals surface area contributed by atoms with Crippen molar-refractivity contribution < 1.29 is 13.0 Å². The summed E-state index contributed by atoms with van der Waals surface area (Å²) in [6, 6.07) is 13.9. The van der Waals surface area contributed by atoms with Crippen molar-refractivity contribution in [2.24, 2.45) is 0 Å². The molecule has 0 saturated heterocycles. The van der Waals surface area contributed by atoms with Gasteiger partial charge in [0.25, 0.3) is 0 Å². The van der Waals surface area contributed by atoms with Crippen LogP contribution in [0.1, 0.15) is 26.3 Å². The van der Waals surface area contributed by atoms with Gasteiger partial charge in [-0.25, -0.2) is 18.1 Å². The molecule has 0 amide bonds. The molecule has 33 heavy (non-hydrogen) atoms. The largest absolute Gasteiger partial charge is 0.340 e. The van der Waals surface area contributed by atoms with Crippen LogP contribution in [0.2, 0.25) is 0 Å². The Bertz CT molecular complexity index is 1310. The first kappa shape index (κ1) is 24.9. The zero-order valence-electron chi connectivity index (χ0n) is 19.7. The van der Waals surface area contributed by atoms with E-state index in [0.717, 1.165) is 5.56 Å². The molecule has 10 heteroatoms. The predicted octanol–water partition coefficient (Wildman–Crippen LogP) is 4.60. The molecule has 3 aromatic rings. The van der Waals surface area contributed by atoms with E-state index in [9.17, 15) is 13.0 Å². The van der Waals surface area contributed by atoms with Gasteiger partial charge in [-0.15, -0.1) is 0 Å². The highest BCUT2D eigenvalue weighted by Crippen LogP contribution is 2.38. The molecule has 0 aliphatic rings. The molecule has 0 radical (unpaired) electrons. The molecular weight excluding hydrogens is 457 g/mol. The molecule has 176 valence electrons. The maximum absolute atomic E-state index is 12.7. The summed E-state index contributed by atoms with van der Waals surface area (Å²) in [5.41, 5.74) is 1.45. The Morgan fingerprint density at radius 1 is 0.970 bits per heavy atom. The number of benzene rings is 2. The summed E-state index contributed by atoms with van der Waals surface area (Å²) in [6.07, 6.45) is 1.67. The van der Waals surface area contributed by atoms with Crippen LogP contribution in [0.15, 0.2) is 59.6 Å². The van der Waals surface area contributed by atoms with Gasteiger partial charge in [0.1, 0.15) is 13.0 Å². The van der Waals surface area contributed by atoms with Gasteiger partial charge in [-0.05, 0) is 71.4 Å². The van der Waals surface area contributed by atoms with E-state index in [0.29, 0.717) is 28.4 Å². The van der Waals surface area contributed by atoms with E-state index >= 15 is 0 Å². The highest BCUT2D eigenvalue weighted by atomic mass is 32.2. The third-order valence-corrected chi connectivity index (χ3v) is 7.86. The Balaban J connectivity index is 1.89. The number of hydrogen-bond donors (Lipinski definition) is 3. The van der Waals surface area contributed by atoms with E-state index in [4.69, 9.17) is 0 Å². The summed E-state index contributed by atoms with van der Waals surface area (Å²) in [5, 5.41) is 7.05. The topological polar surface area (TPSA) is 113 Å². The van der Waals surface area contributed by atoms with Crippen LogP contribution in [-0.4, -0.2) is 37.3 Å². The molecule has 0 spiro atoms. The van der Waals surface area contributed by atoms with Gasteiger partial charge in [0.2, 0.25) is 16.0 Å². The van der Waals surface area contributed by atoms with Crippen molar-refractivity contribution in [1.82, 2.24) is 14.7 Å². The second-order valence-electron chi connectivity index (χ2n) is 9.23. The first-order valence-corrected chi connectivity index (χ1v) is 14.5. The third-order valence-electron chi connectivity index (χ3n) is 4.55. The molecule has 0 unspecified atom stereocenters. The van der Waals surface area contributed by atoms with Crippen molar-refractivity contribution in [3.63, 3.8) is 0 Å². The maximum Gasteiger partial charge on any atom is 0.241 e. The number of aryl methyl sites for hydroxylation is 1. The van der Waals surface area contributed by atoms with Crippen molar-refractivity contribution in [3.05, 3.63) is 60.3 Å². The lowest BCUT2D eigenvalue weighted by atomic mass is 10.1. The molecule has 3 rings (SSSR count). The number of hydrogen-bond acceptors (Lipinski definition) is 7. The molecule has 0 atom stereocenters. The minimum Gasteiger partial charge on any atom is -0.340 e. The molecule has 2 aromatic carbocycles. The van der Waals surface area contributed by atoms with Gasteiger partial charge in [-0.2, -0.15) is 4.98 Å². The van der Waals surface area contributed by atoms with Crippen molar-refractivity contribution in [3.8, 4) is 0 Å². The molecule has 0 aliphatic heterocycles. The molecule has 1 aromatic heterocycles. The first-order valence-electron chi connectivity index (χ1n) is 10.4. The van der Waals surface area contributed by atoms with Gasteiger partial charge < -0.3 is 15.2 Å². The lowest BCUT2D eigenvalue weighted by Crippen LogP contribution is -2.40. The lowest BCUT2D eigenvalue weighted by Gasteiger charge is -2.20. The number of sulfonamides is 1. The van der Waals surface area contributed by atoms with Crippen molar-refractivity contribution in [2.75, 3.05) is 24.0 Å². The van der Waals surface area contributed by atoms with Crippen LogP contribution in [0.25, 0.3) is 0 Å². The van der Waals surface area contributed by atoms with E-state index in [-0.39, 0.29) is 4.90 Å². The number of anilines is 4. The highest BCUT2D eigenvalue weighted by Gasteiger charge is 2.22. The van der Waals surface area contributed by atoms with Gasteiger partial charge in [-0.1, -0.05) is 18.2 Å². The standard InChI is InChI=1S/C23H30N5O3PS/c1-16-15-24-22(26-19-12-7-8-13-20(19)32(5,6)29)27-21(16)25-17-10-9-11-18(14-17)33(30,31)28-23(2,3)4/h7-15,28H,1-6H3,(H2,24,25,26,27). The maximum atomic E-state index is 12.7. The Morgan fingerprint density at radius 3 is 2.33 bits per heavy atom. The van der Waals surface area contributed by atoms with Crippen LogP contribution < -0.4 is 20.7 Å². The highest BCUT2D eigenvalue weighted by molar-refractivity contribution is 7.89. The predicted molar refractivity (Wildman–Crippen MR) is 135 cm³/mol. The van der Waals surface area contributed by atoms with Crippen LogP contribution in [0.4, 0.5) is 23.1 Å². The van der Waals surface area contributed by atoms with Crippen LogP contribution in [0, 0.1) is 6.92 Å². The number of nitrogens with one attached hydrogen (secondary N) is 3. The number of aromatic nitrogens is 2. The minimum atomic E-state index is -3.67. The third kappa shape index (κ3) is 6.63. The van der Waals surface area contributed by atoms with Crippen LogP contribution in [0.3, 0.4) is 0 Å². The summed E-state index contributed by atoms with van der Waals surface area (Å²) in [5.74, 6) is 0.863. The lowest BCUT2D eigenvalue weighted by molar-refractivity contribution is 0.491. The first-order chi connectivity index (χ1) is 15.2. The Kier molecular flexibility index (Phi) is 6.98. The van der Waals surface area contributed by atoms with Crippen LogP contribution >= 0.6 is 7.14 Å². The van der Waals surface area contributed by atoms with Gasteiger partial charge in [-0.3, -0.25) is 0 Å². The summed E-state index contributed by atoms with van der Waals surface area (Å²) in [6.45, 7) is 10.7. The van der Waals surface area contributed by atoms with E-state index in [1.54, 1.807) is 64.6 Å². The summed E-state index contributed by atoms with van der Waals surface area (Å²) < 4.78 is 40.7. The van der Waals surface area contributed by atoms with E-state index in [1.807, 2.05) is 31.2 Å². The van der Waals surface area contributed by atoms with Gasteiger partial charge in [0.05, 0.1) is 10.6 Å². The number of para-hydroxylation sites is 1. The Labute approximate surface area is 195 Å².